The largest absolute Gasteiger partial charge is 0.508 e. The Kier molecular flexibility index (Phi) is 6.25. The van der Waals surface area contributed by atoms with Crippen molar-refractivity contribution in [3.8, 4) is 11.5 Å². The van der Waals surface area contributed by atoms with Crippen LogP contribution in [-0.4, -0.2) is 10.2 Å². The average molecular weight is 370 g/mol. The van der Waals surface area contributed by atoms with Gasteiger partial charge in [-0.2, -0.15) is 0 Å². The van der Waals surface area contributed by atoms with Crippen LogP contribution in [0.3, 0.4) is 0 Å². The predicted molar refractivity (Wildman–Crippen MR) is 107 cm³/mol. The number of aryl methyl sites for hydroxylation is 1. The molecule has 1 aromatic heterocycles. The number of hydrogen-bond acceptors (Lipinski definition) is 4. The van der Waals surface area contributed by atoms with E-state index in [0.717, 1.165) is 62.5 Å². The van der Waals surface area contributed by atoms with Crippen molar-refractivity contribution in [1.82, 2.24) is 0 Å². The fourth-order valence-corrected chi connectivity index (χ4v) is 4.12. The number of phenolic OH excluding ortho intramolecular Hbond substituents is 1. The summed E-state index contributed by atoms with van der Waals surface area (Å²) >= 11 is 0. The molecule has 4 heteroatoms. The molecule has 27 heavy (non-hydrogen) atoms. The first-order valence-corrected chi connectivity index (χ1v) is 10.3. The van der Waals surface area contributed by atoms with E-state index in [-0.39, 0.29) is 17.4 Å². The third kappa shape index (κ3) is 4.20. The maximum absolute atomic E-state index is 12.8. The molecule has 2 N–H and O–H groups in total. The van der Waals surface area contributed by atoms with E-state index >= 15 is 0 Å². The molecule has 0 amide bonds. The van der Waals surface area contributed by atoms with Gasteiger partial charge in [-0.3, -0.25) is 0 Å². The van der Waals surface area contributed by atoms with Gasteiger partial charge < -0.3 is 14.6 Å². The topological polar surface area (TPSA) is 70.7 Å². The Morgan fingerprint density at radius 3 is 2.41 bits per heavy atom. The van der Waals surface area contributed by atoms with Gasteiger partial charge in [0.05, 0.1) is 5.56 Å². The van der Waals surface area contributed by atoms with Crippen molar-refractivity contribution in [3.05, 3.63) is 57.1 Å². The molecule has 1 heterocycles. The molecular weight excluding hydrogens is 340 g/mol. The van der Waals surface area contributed by atoms with Crippen molar-refractivity contribution in [2.45, 2.75) is 71.1 Å². The molecular formula is C23H30O4. The lowest BCUT2D eigenvalue weighted by Gasteiger charge is -2.21. The summed E-state index contributed by atoms with van der Waals surface area (Å²) in [7, 11) is 0. The van der Waals surface area contributed by atoms with Gasteiger partial charge in [0.25, 0.3) is 0 Å². The fourth-order valence-electron chi connectivity index (χ4n) is 4.12. The Balaban J connectivity index is 0.00000102. The second-order valence-corrected chi connectivity index (χ2v) is 7.38. The van der Waals surface area contributed by atoms with Crippen LogP contribution in [0, 0.1) is 5.92 Å². The number of phenols is 1. The molecule has 0 aliphatic heterocycles. The highest BCUT2D eigenvalue weighted by molar-refractivity contribution is 5.48. The van der Waals surface area contributed by atoms with E-state index in [1.165, 1.54) is 0 Å². The molecule has 1 atom stereocenters. The molecule has 2 aromatic rings. The Labute approximate surface area is 160 Å². The van der Waals surface area contributed by atoms with Crippen LogP contribution in [0.2, 0.25) is 0 Å². The van der Waals surface area contributed by atoms with Crippen molar-refractivity contribution in [1.29, 1.82) is 0 Å². The molecule has 1 aromatic carbocycles. The molecule has 2 aliphatic carbocycles. The highest BCUT2D eigenvalue weighted by atomic mass is 16.4. The molecule has 0 spiro atoms. The zero-order valence-corrected chi connectivity index (χ0v) is 16.3. The van der Waals surface area contributed by atoms with Crippen LogP contribution in [0.4, 0.5) is 0 Å². The molecule has 1 unspecified atom stereocenters. The Hall–Kier alpha value is -2.23. The molecule has 4 nitrogen and oxygen atoms in total. The average Bonchev–Trinajstić information content (AvgIpc) is 3.47. The van der Waals surface area contributed by atoms with Gasteiger partial charge in [0.15, 0.2) is 0 Å². The highest BCUT2D eigenvalue weighted by Gasteiger charge is 2.38. The fraction of sp³-hybridized carbons (Fsp3) is 0.522. The Morgan fingerprint density at radius 2 is 1.74 bits per heavy atom. The van der Waals surface area contributed by atoms with Crippen LogP contribution >= 0.6 is 0 Å². The van der Waals surface area contributed by atoms with Gasteiger partial charge in [-0.25, -0.2) is 4.79 Å². The molecule has 1 saturated carbocycles. The normalized spacial score (nSPS) is 17.7. The lowest BCUT2D eigenvalue weighted by molar-refractivity contribution is 0.382. The highest BCUT2D eigenvalue weighted by Crippen LogP contribution is 2.49. The number of benzene rings is 1. The van der Waals surface area contributed by atoms with Gasteiger partial charge in [-0.1, -0.05) is 38.8 Å². The molecule has 1 fully saturated rings. The lowest BCUT2D eigenvalue weighted by atomic mass is 9.85. The summed E-state index contributed by atoms with van der Waals surface area (Å²) in [6.07, 6.45) is 7.81. The molecule has 0 saturated heterocycles. The lowest BCUT2D eigenvalue weighted by Crippen LogP contribution is -2.19. The zero-order valence-electron chi connectivity index (χ0n) is 16.3. The van der Waals surface area contributed by atoms with Crippen molar-refractivity contribution >= 4 is 0 Å². The van der Waals surface area contributed by atoms with E-state index in [2.05, 4.69) is 0 Å². The zero-order chi connectivity index (χ0) is 19.4. The first kappa shape index (κ1) is 19.5. The van der Waals surface area contributed by atoms with Gasteiger partial charge in [0.1, 0.15) is 17.3 Å². The second kappa shape index (κ2) is 8.64. The quantitative estimate of drug-likeness (QED) is 0.771. The van der Waals surface area contributed by atoms with Crippen LogP contribution in [0.25, 0.3) is 0 Å². The third-order valence-corrected chi connectivity index (χ3v) is 5.53. The summed E-state index contributed by atoms with van der Waals surface area (Å²) in [5, 5.41) is 20.8. The summed E-state index contributed by atoms with van der Waals surface area (Å²) in [5.74, 6) is 1.09. The summed E-state index contributed by atoms with van der Waals surface area (Å²) in [6, 6.07) is 7.01. The van der Waals surface area contributed by atoms with Gasteiger partial charge in [-0.15, -0.1) is 0 Å². The van der Waals surface area contributed by atoms with Gasteiger partial charge in [0.2, 0.25) is 0 Å². The molecule has 0 radical (unpaired) electrons. The SMILES string of the molecule is CC.O=c1oc2c(c(O)c1C(c1cccc(O)c1)C1CC1)CCCCCC2. The second-order valence-electron chi connectivity index (χ2n) is 7.38. The minimum atomic E-state index is -0.419. The summed E-state index contributed by atoms with van der Waals surface area (Å²) in [5.41, 5.74) is 1.65. The number of hydrogen-bond donors (Lipinski definition) is 2. The molecule has 4 rings (SSSR count). The molecule has 146 valence electrons. The number of rotatable bonds is 3. The Morgan fingerprint density at radius 1 is 1.04 bits per heavy atom. The smallest absolute Gasteiger partial charge is 0.343 e. The number of aromatic hydroxyl groups is 2. The predicted octanol–water partition coefficient (Wildman–Crippen LogP) is 5.28. The first-order valence-electron chi connectivity index (χ1n) is 10.3. The standard InChI is InChI=1S/C21H24O4.C2H6/c22-15-7-5-6-14(12-15)18(13-10-11-13)19-20(23)16-8-3-1-2-4-9-17(16)25-21(19)24;1-2/h5-7,12-13,18,22-23H,1-4,8-11H2;1-2H3. The van der Waals surface area contributed by atoms with Crippen molar-refractivity contribution in [2.75, 3.05) is 0 Å². The summed E-state index contributed by atoms with van der Waals surface area (Å²) in [6.45, 7) is 4.00. The third-order valence-electron chi connectivity index (χ3n) is 5.53. The summed E-state index contributed by atoms with van der Waals surface area (Å²) < 4.78 is 5.68. The van der Waals surface area contributed by atoms with Crippen LogP contribution in [0.5, 0.6) is 11.5 Å². The summed E-state index contributed by atoms with van der Waals surface area (Å²) in [4.78, 5) is 12.8. The van der Waals surface area contributed by atoms with Crippen LogP contribution in [0.1, 0.15) is 80.7 Å². The maximum atomic E-state index is 12.8. The van der Waals surface area contributed by atoms with Gasteiger partial charge in [-0.05, 0) is 55.7 Å². The van der Waals surface area contributed by atoms with Crippen LogP contribution in [0.15, 0.2) is 33.5 Å². The number of fused-ring (bicyclic) bond motifs is 1. The van der Waals surface area contributed by atoms with Crippen molar-refractivity contribution in [2.24, 2.45) is 5.92 Å². The van der Waals surface area contributed by atoms with Crippen molar-refractivity contribution < 1.29 is 14.6 Å². The van der Waals surface area contributed by atoms with Gasteiger partial charge in [0, 0.05) is 17.9 Å². The van der Waals surface area contributed by atoms with E-state index in [0.29, 0.717) is 17.2 Å². The first-order chi connectivity index (χ1) is 13.1. The monoisotopic (exact) mass is 370 g/mol. The minimum absolute atomic E-state index is 0.133. The Bertz CT molecular complexity index is 833. The van der Waals surface area contributed by atoms with E-state index < -0.39 is 5.63 Å². The van der Waals surface area contributed by atoms with Gasteiger partial charge >= 0.3 is 5.63 Å². The van der Waals surface area contributed by atoms with E-state index in [1.54, 1.807) is 18.2 Å². The maximum Gasteiger partial charge on any atom is 0.343 e. The van der Waals surface area contributed by atoms with E-state index in [9.17, 15) is 15.0 Å². The molecule has 2 aliphatic rings. The van der Waals surface area contributed by atoms with E-state index in [1.807, 2.05) is 19.9 Å². The van der Waals surface area contributed by atoms with Crippen molar-refractivity contribution in [3.63, 3.8) is 0 Å². The van der Waals surface area contributed by atoms with E-state index in [4.69, 9.17) is 4.42 Å². The van der Waals surface area contributed by atoms with Crippen LogP contribution in [-0.2, 0) is 12.8 Å². The molecule has 0 bridgehead atoms. The van der Waals surface area contributed by atoms with Crippen LogP contribution < -0.4 is 5.63 Å². The minimum Gasteiger partial charge on any atom is -0.508 e.